The molecule has 0 fully saturated rings. The molecule has 0 saturated heterocycles. The predicted molar refractivity (Wildman–Crippen MR) is 114 cm³/mol. The van der Waals surface area contributed by atoms with E-state index in [0.717, 1.165) is 5.69 Å². The zero-order valence-electron chi connectivity index (χ0n) is 17.7. The van der Waals surface area contributed by atoms with Crippen molar-refractivity contribution in [3.63, 3.8) is 0 Å². The number of furan rings is 1. The summed E-state index contributed by atoms with van der Waals surface area (Å²) in [6.07, 6.45) is 1.40. The molecule has 2 aromatic heterocycles. The molecule has 2 heterocycles. The molecular formula is C22H26N2O5S. The van der Waals surface area contributed by atoms with Crippen molar-refractivity contribution in [2.45, 2.75) is 44.0 Å². The Kier molecular flexibility index (Phi) is 6.07. The zero-order valence-corrected chi connectivity index (χ0v) is 18.5. The van der Waals surface area contributed by atoms with Gasteiger partial charge in [0.1, 0.15) is 16.5 Å². The molecule has 3 rings (SSSR count). The lowest BCUT2D eigenvalue weighted by atomic mass is 10.2. The molecule has 0 radical (unpaired) electrons. The zero-order chi connectivity index (χ0) is 22.1. The fourth-order valence-electron chi connectivity index (χ4n) is 3.33. The van der Waals surface area contributed by atoms with Gasteiger partial charge in [-0.3, -0.25) is 4.79 Å². The number of benzene rings is 1. The van der Waals surface area contributed by atoms with Crippen molar-refractivity contribution >= 4 is 21.6 Å². The van der Waals surface area contributed by atoms with Gasteiger partial charge in [0.05, 0.1) is 18.3 Å². The topological polar surface area (TPSA) is 90.5 Å². The molecule has 0 spiro atoms. The standard InChI is InChI=1S/C22H26N2O5S/c1-14(2)13-24-16(4)15(3)20(21(24)23-22(25)19-7-6-12-29-19)30(26,27)18-10-8-17(28-5)9-11-18/h6-12,14H,13H2,1-5H3,(H,23,25). The number of methoxy groups -OCH3 is 1. The number of anilines is 1. The van der Waals surface area contributed by atoms with Gasteiger partial charge < -0.3 is 19.0 Å². The Balaban J connectivity index is 2.17. The van der Waals surface area contributed by atoms with E-state index in [1.165, 1.54) is 31.6 Å². The summed E-state index contributed by atoms with van der Waals surface area (Å²) in [5.41, 5.74) is 1.38. The van der Waals surface area contributed by atoms with Crippen LogP contribution in [0.3, 0.4) is 0 Å². The summed E-state index contributed by atoms with van der Waals surface area (Å²) >= 11 is 0. The summed E-state index contributed by atoms with van der Waals surface area (Å²) in [6, 6.07) is 9.33. The molecule has 0 atom stereocenters. The summed E-state index contributed by atoms with van der Waals surface area (Å²) in [5.74, 6) is 0.650. The molecular weight excluding hydrogens is 404 g/mol. The third kappa shape index (κ3) is 4.00. The van der Waals surface area contributed by atoms with Crippen molar-refractivity contribution in [1.82, 2.24) is 4.57 Å². The van der Waals surface area contributed by atoms with Gasteiger partial charge >= 0.3 is 0 Å². The van der Waals surface area contributed by atoms with Crippen LogP contribution >= 0.6 is 0 Å². The average molecular weight is 431 g/mol. The van der Waals surface area contributed by atoms with E-state index in [0.29, 0.717) is 17.9 Å². The SMILES string of the molecule is COc1ccc(S(=O)(=O)c2c(C)c(C)n(CC(C)C)c2NC(=O)c2ccco2)cc1. The third-order valence-electron chi connectivity index (χ3n) is 4.94. The molecule has 30 heavy (non-hydrogen) atoms. The summed E-state index contributed by atoms with van der Waals surface area (Å²) < 4.78 is 39.3. The smallest absolute Gasteiger partial charge is 0.292 e. The van der Waals surface area contributed by atoms with Crippen molar-refractivity contribution in [1.29, 1.82) is 0 Å². The molecule has 1 amide bonds. The van der Waals surface area contributed by atoms with Gasteiger partial charge in [-0.2, -0.15) is 0 Å². The third-order valence-corrected chi connectivity index (χ3v) is 6.87. The highest BCUT2D eigenvalue weighted by Crippen LogP contribution is 2.36. The molecule has 0 saturated carbocycles. The number of amides is 1. The highest BCUT2D eigenvalue weighted by atomic mass is 32.2. The van der Waals surface area contributed by atoms with E-state index in [1.807, 2.05) is 25.3 Å². The van der Waals surface area contributed by atoms with Crippen molar-refractivity contribution in [3.8, 4) is 5.75 Å². The van der Waals surface area contributed by atoms with Gasteiger partial charge in [0.25, 0.3) is 5.91 Å². The highest BCUT2D eigenvalue weighted by molar-refractivity contribution is 7.91. The second-order valence-corrected chi connectivity index (χ2v) is 9.39. The van der Waals surface area contributed by atoms with Crippen molar-refractivity contribution < 1.29 is 22.4 Å². The minimum absolute atomic E-state index is 0.0886. The summed E-state index contributed by atoms with van der Waals surface area (Å²) in [4.78, 5) is 12.9. The van der Waals surface area contributed by atoms with Gasteiger partial charge in [0, 0.05) is 12.2 Å². The lowest BCUT2D eigenvalue weighted by Gasteiger charge is -2.16. The first-order valence-electron chi connectivity index (χ1n) is 9.60. The number of carbonyl (C=O) groups excluding carboxylic acids is 1. The Labute approximate surface area is 176 Å². The maximum Gasteiger partial charge on any atom is 0.292 e. The lowest BCUT2D eigenvalue weighted by Crippen LogP contribution is -2.18. The second-order valence-electron chi connectivity index (χ2n) is 7.50. The van der Waals surface area contributed by atoms with E-state index in [1.54, 1.807) is 25.1 Å². The molecule has 8 heteroatoms. The van der Waals surface area contributed by atoms with Gasteiger partial charge in [-0.05, 0) is 61.7 Å². The first kappa shape index (κ1) is 21.7. The van der Waals surface area contributed by atoms with Gasteiger partial charge in [0.2, 0.25) is 9.84 Å². The molecule has 0 unspecified atom stereocenters. The first-order valence-corrected chi connectivity index (χ1v) is 11.1. The van der Waals surface area contributed by atoms with Gasteiger partial charge in [-0.15, -0.1) is 0 Å². The molecule has 7 nitrogen and oxygen atoms in total. The minimum Gasteiger partial charge on any atom is -0.497 e. The number of ether oxygens (including phenoxy) is 1. The molecule has 0 bridgehead atoms. The average Bonchev–Trinajstić information content (AvgIpc) is 3.32. The quantitative estimate of drug-likeness (QED) is 0.598. The first-order chi connectivity index (χ1) is 14.2. The number of sulfone groups is 1. The monoisotopic (exact) mass is 430 g/mol. The number of carbonyl (C=O) groups is 1. The van der Waals surface area contributed by atoms with E-state index in [-0.39, 0.29) is 27.3 Å². The van der Waals surface area contributed by atoms with Crippen molar-refractivity contribution in [2.24, 2.45) is 5.92 Å². The highest BCUT2D eigenvalue weighted by Gasteiger charge is 2.31. The molecule has 1 aromatic carbocycles. The van der Waals surface area contributed by atoms with Crippen LogP contribution in [-0.4, -0.2) is 26.0 Å². The van der Waals surface area contributed by atoms with E-state index in [4.69, 9.17) is 9.15 Å². The molecule has 0 aliphatic heterocycles. The Morgan fingerprint density at radius 3 is 2.37 bits per heavy atom. The summed E-state index contributed by atoms with van der Waals surface area (Å²) in [5, 5.41) is 2.77. The van der Waals surface area contributed by atoms with Crippen LogP contribution in [-0.2, 0) is 16.4 Å². The summed E-state index contributed by atoms with van der Waals surface area (Å²) in [7, 11) is -2.38. The summed E-state index contributed by atoms with van der Waals surface area (Å²) in [6.45, 7) is 8.23. The molecule has 3 aromatic rings. The molecule has 160 valence electrons. The van der Waals surface area contributed by atoms with Crippen LogP contribution in [0.1, 0.15) is 35.7 Å². The Bertz CT molecular complexity index is 1140. The van der Waals surface area contributed by atoms with Crippen LogP contribution in [0.5, 0.6) is 5.75 Å². The van der Waals surface area contributed by atoms with Crippen LogP contribution in [0.15, 0.2) is 56.9 Å². The predicted octanol–water partition coefficient (Wildman–Crippen LogP) is 4.45. The number of nitrogens with one attached hydrogen (secondary N) is 1. The maximum absolute atomic E-state index is 13.6. The number of aromatic nitrogens is 1. The minimum atomic E-state index is -3.90. The lowest BCUT2D eigenvalue weighted by molar-refractivity contribution is 0.0995. The fraction of sp³-hybridized carbons (Fsp3) is 0.318. The Morgan fingerprint density at radius 1 is 1.17 bits per heavy atom. The van der Waals surface area contributed by atoms with Gasteiger partial charge in [-0.25, -0.2) is 8.42 Å². The number of nitrogens with zero attached hydrogens (tertiary/aromatic N) is 1. The normalized spacial score (nSPS) is 11.7. The van der Waals surface area contributed by atoms with E-state index in [2.05, 4.69) is 5.32 Å². The fourth-order valence-corrected chi connectivity index (χ4v) is 5.03. The van der Waals surface area contributed by atoms with Crippen LogP contribution in [0.4, 0.5) is 5.82 Å². The van der Waals surface area contributed by atoms with E-state index < -0.39 is 15.7 Å². The largest absolute Gasteiger partial charge is 0.497 e. The molecule has 1 N–H and O–H groups in total. The molecule has 0 aliphatic carbocycles. The van der Waals surface area contributed by atoms with E-state index in [9.17, 15) is 13.2 Å². The number of hydrogen-bond donors (Lipinski definition) is 1. The van der Waals surface area contributed by atoms with Crippen LogP contribution in [0, 0.1) is 19.8 Å². The Morgan fingerprint density at radius 2 is 1.83 bits per heavy atom. The Hall–Kier alpha value is -3.00. The molecule has 0 aliphatic rings. The number of rotatable bonds is 7. The van der Waals surface area contributed by atoms with Crippen molar-refractivity contribution in [2.75, 3.05) is 12.4 Å². The van der Waals surface area contributed by atoms with E-state index >= 15 is 0 Å². The van der Waals surface area contributed by atoms with Crippen LogP contribution in [0.2, 0.25) is 0 Å². The maximum atomic E-state index is 13.6. The van der Waals surface area contributed by atoms with Crippen LogP contribution in [0.25, 0.3) is 0 Å². The van der Waals surface area contributed by atoms with Gasteiger partial charge in [0.15, 0.2) is 5.76 Å². The second kappa shape index (κ2) is 8.39. The van der Waals surface area contributed by atoms with Crippen LogP contribution < -0.4 is 10.1 Å². The van der Waals surface area contributed by atoms with Gasteiger partial charge in [-0.1, -0.05) is 13.8 Å². The number of hydrogen-bond acceptors (Lipinski definition) is 5. The van der Waals surface area contributed by atoms with Crippen molar-refractivity contribution in [3.05, 3.63) is 59.7 Å².